The second-order valence-electron chi connectivity index (χ2n) is 4.94. The van der Waals surface area contributed by atoms with E-state index < -0.39 is 0 Å². The minimum Gasteiger partial charge on any atom is -0.490 e. The molecule has 0 spiro atoms. The molecule has 1 N–H and O–H groups in total. The number of para-hydroxylation sites is 2. The van der Waals surface area contributed by atoms with Crippen molar-refractivity contribution in [3.8, 4) is 11.8 Å². The van der Waals surface area contributed by atoms with Gasteiger partial charge in [0.05, 0.1) is 16.6 Å². The quantitative estimate of drug-likeness (QED) is 0.567. The van der Waals surface area contributed by atoms with Crippen molar-refractivity contribution < 1.29 is 4.74 Å². The van der Waals surface area contributed by atoms with Crippen molar-refractivity contribution in [2.24, 2.45) is 0 Å². The number of imidazole rings is 1. The lowest BCUT2D eigenvalue weighted by Crippen LogP contribution is -1.92. The first-order valence-electron chi connectivity index (χ1n) is 7.21. The minimum absolute atomic E-state index is 0.470. The van der Waals surface area contributed by atoms with Gasteiger partial charge in [-0.3, -0.25) is 0 Å². The molecule has 0 fully saturated rings. The van der Waals surface area contributed by atoms with E-state index in [2.05, 4.69) is 22.6 Å². The Morgan fingerprint density at radius 1 is 1.22 bits per heavy atom. The maximum Gasteiger partial charge on any atom is 0.149 e. The molecule has 4 nitrogen and oxygen atoms in total. The highest BCUT2D eigenvalue weighted by molar-refractivity contribution is 5.90. The van der Waals surface area contributed by atoms with E-state index in [4.69, 9.17) is 4.74 Å². The van der Waals surface area contributed by atoms with E-state index in [1.807, 2.05) is 48.5 Å². The van der Waals surface area contributed by atoms with Gasteiger partial charge in [0.15, 0.2) is 0 Å². The van der Waals surface area contributed by atoms with Gasteiger partial charge in [0.1, 0.15) is 24.3 Å². The number of rotatable bonds is 5. The summed E-state index contributed by atoms with van der Waals surface area (Å²) in [5.41, 5.74) is 3.16. The highest BCUT2D eigenvalue weighted by atomic mass is 16.5. The van der Waals surface area contributed by atoms with Gasteiger partial charge >= 0.3 is 0 Å². The molecule has 112 valence electrons. The minimum atomic E-state index is 0.470. The monoisotopic (exact) mass is 301 g/mol. The standard InChI is InChI=1S/C19H15N3O/c1-2-11-23-16-9-7-14(8-10-16)12-15(13-20)19-21-17-5-3-4-6-18(17)22-19/h2-10,12H,1,11H2,(H,21,22)/b15-12+. The zero-order chi connectivity index (χ0) is 16.1. The van der Waals surface area contributed by atoms with Crippen LogP contribution in [0.2, 0.25) is 0 Å². The van der Waals surface area contributed by atoms with Crippen molar-refractivity contribution in [3.63, 3.8) is 0 Å². The molecule has 0 aliphatic heterocycles. The third-order valence-electron chi connectivity index (χ3n) is 3.32. The summed E-state index contributed by atoms with van der Waals surface area (Å²) in [4.78, 5) is 7.62. The molecule has 0 atom stereocenters. The highest BCUT2D eigenvalue weighted by Gasteiger charge is 2.07. The SMILES string of the molecule is C=CCOc1ccc(/C=C(\C#N)c2nc3ccccc3[nH]2)cc1. The molecule has 1 heterocycles. The molecule has 0 saturated heterocycles. The summed E-state index contributed by atoms with van der Waals surface area (Å²) in [6.07, 6.45) is 3.50. The van der Waals surface area contributed by atoms with Crippen LogP contribution < -0.4 is 4.74 Å². The molecule has 0 aliphatic rings. The number of hydrogen-bond acceptors (Lipinski definition) is 3. The van der Waals surface area contributed by atoms with Gasteiger partial charge in [-0.1, -0.05) is 36.9 Å². The zero-order valence-electron chi connectivity index (χ0n) is 12.5. The van der Waals surface area contributed by atoms with Crippen molar-refractivity contribution in [2.75, 3.05) is 6.61 Å². The number of nitriles is 1. The molecular weight excluding hydrogens is 286 g/mol. The second kappa shape index (κ2) is 6.63. The number of fused-ring (bicyclic) bond motifs is 1. The van der Waals surface area contributed by atoms with Crippen LogP contribution in [0.1, 0.15) is 11.4 Å². The van der Waals surface area contributed by atoms with Crippen LogP contribution in [0.25, 0.3) is 22.7 Å². The Morgan fingerprint density at radius 2 is 2.00 bits per heavy atom. The number of H-pyrrole nitrogens is 1. The maximum atomic E-state index is 9.42. The molecule has 0 amide bonds. The number of aromatic amines is 1. The van der Waals surface area contributed by atoms with Crippen LogP contribution in [0.3, 0.4) is 0 Å². The molecule has 0 bridgehead atoms. The van der Waals surface area contributed by atoms with E-state index in [9.17, 15) is 5.26 Å². The van der Waals surface area contributed by atoms with Gasteiger partial charge in [0, 0.05) is 0 Å². The summed E-state index contributed by atoms with van der Waals surface area (Å²) < 4.78 is 5.44. The molecule has 0 unspecified atom stereocenters. The third-order valence-corrected chi connectivity index (χ3v) is 3.32. The summed E-state index contributed by atoms with van der Waals surface area (Å²) in [5, 5.41) is 9.42. The molecule has 1 aromatic heterocycles. The van der Waals surface area contributed by atoms with Gasteiger partial charge in [-0.2, -0.15) is 5.26 Å². The first kappa shape index (κ1) is 14.6. The van der Waals surface area contributed by atoms with E-state index >= 15 is 0 Å². The van der Waals surface area contributed by atoms with Crippen molar-refractivity contribution in [1.82, 2.24) is 9.97 Å². The predicted octanol–water partition coefficient (Wildman–Crippen LogP) is 4.19. The lowest BCUT2D eigenvalue weighted by Gasteiger charge is -2.03. The average molecular weight is 301 g/mol. The number of nitrogens with zero attached hydrogens (tertiary/aromatic N) is 2. The van der Waals surface area contributed by atoms with Gasteiger partial charge in [-0.25, -0.2) is 4.98 Å². The van der Waals surface area contributed by atoms with Crippen LogP contribution in [0, 0.1) is 11.3 Å². The summed E-state index contributed by atoms with van der Waals surface area (Å²) >= 11 is 0. The van der Waals surface area contributed by atoms with Crippen LogP contribution in [0.4, 0.5) is 0 Å². The Balaban J connectivity index is 1.89. The zero-order valence-corrected chi connectivity index (χ0v) is 12.5. The highest BCUT2D eigenvalue weighted by Crippen LogP contribution is 2.20. The predicted molar refractivity (Wildman–Crippen MR) is 91.7 cm³/mol. The largest absolute Gasteiger partial charge is 0.490 e. The molecule has 0 saturated carbocycles. The lowest BCUT2D eigenvalue weighted by atomic mass is 10.1. The second-order valence-corrected chi connectivity index (χ2v) is 4.94. The van der Waals surface area contributed by atoms with Gasteiger partial charge in [-0.15, -0.1) is 0 Å². The van der Waals surface area contributed by atoms with Gasteiger partial charge in [-0.05, 0) is 35.9 Å². The first-order chi connectivity index (χ1) is 11.3. The molecule has 3 rings (SSSR count). The van der Waals surface area contributed by atoms with Gasteiger partial charge in [0.25, 0.3) is 0 Å². The van der Waals surface area contributed by atoms with Crippen LogP contribution in [0.5, 0.6) is 5.75 Å². The molecule has 23 heavy (non-hydrogen) atoms. The fourth-order valence-corrected chi connectivity index (χ4v) is 2.22. The Morgan fingerprint density at radius 3 is 2.70 bits per heavy atom. The maximum absolute atomic E-state index is 9.42. The van der Waals surface area contributed by atoms with E-state index in [1.165, 1.54) is 0 Å². The summed E-state index contributed by atoms with van der Waals surface area (Å²) in [5.74, 6) is 1.34. The Kier molecular flexibility index (Phi) is 4.21. The number of benzene rings is 2. The molecule has 2 aromatic carbocycles. The normalized spacial score (nSPS) is 11.2. The number of hydrogen-bond donors (Lipinski definition) is 1. The van der Waals surface area contributed by atoms with Crippen molar-refractivity contribution in [3.05, 3.63) is 72.6 Å². The van der Waals surface area contributed by atoms with Crippen LogP contribution >= 0.6 is 0 Å². The van der Waals surface area contributed by atoms with Crippen molar-refractivity contribution in [1.29, 1.82) is 5.26 Å². The average Bonchev–Trinajstić information content (AvgIpc) is 3.02. The summed E-state index contributed by atoms with van der Waals surface area (Å²) in [6.45, 7) is 4.08. The fourth-order valence-electron chi connectivity index (χ4n) is 2.22. The Bertz CT molecular complexity index is 865. The van der Waals surface area contributed by atoms with E-state index in [-0.39, 0.29) is 0 Å². The first-order valence-corrected chi connectivity index (χ1v) is 7.21. The number of allylic oxidation sites excluding steroid dienone is 1. The number of aromatic nitrogens is 2. The summed E-state index contributed by atoms with van der Waals surface area (Å²) in [6, 6.07) is 17.4. The molecule has 0 radical (unpaired) electrons. The molecular formula is C19H15N3O. The van der Waals surface area contributed by atoms with Crippen molar-refractivity contribution in [2.45, 2.75) is 0 Å². The van der Waals surface area contributed by atoms with Crippen LogP contribution in [0.15, 0.2) is 61.2 Å². The van der Waals surface area contributed by atoms with E-state index in [0.717, 1.165) is 22.3 Å². The third kappa shape index (κ3) is 3.30. The number of ether oxygens (including phenoxy) is 1. The van der Waals surface area contributed by atoms with Crippen molar-refractivity contribution >= 4 is 22.7 Å². The Hall–Kier alpha value is -3.32. The van der Waals surface area contributed by atoms with Crippen LogP contribution in [-0.2, 0) is 0 Å². The molecule has 3 aromatic rings. The van der Waals surface area contributed by atoms with Crippen LogP contribution in [-0.4, -0.2) is 16.6 Å². The molecule has 4 heteroatoms. The number of nitrogens with one attached hydrogen (secondary N) is 1. The van der Waals surface area contributed by atoms with E-state index in [1.54, 1.807) is 12.2 Å². The smallest absolute Gasteiger partial charge is 0.149 e. The topological polar surface area (TPSA) is 61.7 Å². The lowest BCUT2D eigenvalue weighted by molar-refractivity contribution is 0.363. The Labute approximate surface area is 134 Å². The van der Waals surface area contributed by atoms with E-state index in [0.29, 0.717) is 18.0 Å². The van der Waals surface area contributed by atoms with Gasteiger partial charge < -0.3 is 9.72 Å². The fraction of sp³-hybridized carbons (Fsp3) is 0.0526. The molecule has 0 aliphatic carbocycles. The van der Waals surface area contributed by atoms with Gasteiger partial charge in [0.2, 0.25) is 0 Å². The summed E-state index contributed by atoms with van der Waals surface area (Å²) in [7, 11) is 0.